The molecule has 5 nitrogen and oxygen atoms in total. The van der Waals surface area contributed by atoms with Crippen LogP contribution >= 0.6 is 0 Å². The highest BCUT2D eigenvalue weighted by Crippen LogP contribution is 2.27. The lowest BCUT2D eigenvalue weighted by molar-refractivity contribution is -0.138. The Morgan fingerprint density at radius 2 is 1.68 bits per heavy atom. The molecule has 1 fully saturated rings. The van der Waals surface area contributed by atoms with Gasteiger partial charge in [0.05, 0.1) is 6.42 Å². The van der Waals surface area contributed by atoms with Crippen molar-refractivity contribution in [3.05, 3.63) is 60.2 Å². The molecule has 2 aromatic carbocycles. The highest BCUT2D eigenvalue weighted by molar-refractivity contribution is 5.67. The molecule has 25 heavy (non-hydrogen) atoms. The third-order valence-electron chi connectivity index (χ3n) is 4.22. The Morgan fingerprint density at radius 3 is 2.32 bits per heavy atom. The molecule has 0 aliphatic carbocycles. The molecule has 0 aromatic heterocycles. The van der Waals surface area contributed by atoms with Gasteiger partial charge in [0.25, 0.3) is 0 Å². The monoisotopic (exact) mass is 341 g/mol. The number of nitrogens with one attached hydrogen (secondary N) is 1. The fraction of sp³-hybridized carbons (Fsp3) is 0.350. The van der Waals surface area contributed by atoms with Crippen LogP contribution in [-0.4, -0.2) is 30.3 Å². The third kappa shape index (κ3) is 5.22. The van der Waals surface area contributed by atoms with Crippen LogP contribution in [-0.2, 0) is 4.79 Å². The number of carboxylic acids is 1. The molecule has 0 spiro atoms. The van der Waals surface area contributed by atoms with Crippen LogP contribution in [0.1, 0.15) is 30.9 Å². The number of hydrogen-bond acceptors (Lipinski definition) is 4. The predicted molar refractivity (Wildman–Crippen MR) is 95.0 cm³/mol. The lowest BCUT2D eigenvalue weighted by atomic mass is 10.1. The van der Waals surface area contributed by atoms with Gasteiger partial charge in [0.15, 0.2) is 0 Å². The Balaban J connectivity index is 1.64. The number of ether oxygens (including phenoxy) is 2. The molecule has 1 unspecified atom stereocenters. The maximum absolute atomic E-state index is 11.1. The number of rotatable bonds is 7. The van der Waals surface area contributed by atoms with Gasteiger partial charge >= 0.3 is 5.97 Å². The zero-order valence-corrected chi connectivity index (χ0v) is 14.1. The molecule has 0 radical (unpaired) electrons. The van der Waals surface area contributed by atoms with Gasteiger partial charge in [-0.2, -0.15) is 0 Å². The van der Waals surface area contributed by atoms with Crippen molar-refractivity contribution in [2.75, 3.05) is 13.1 Å². The van der Waals surface area contributed by atoms with Crippen molar-refractivity contribution in [3.63, 3.8) is 0 Å². The molecular weight excluding hydrogens is 318 g/mol. The summed E-state index contributed by atoms with van der Waals surface area (Å²) >= 11 is 0. The number of carboxylic acid groups (broad SMARTS) is 1. The van der Waals surface area contributed by atoms with Crippen molar-refractivity contribution in [3.8, 4) is 11.5 Å². The average molecular weight is 341 g/mol. The summed E-state index contributed by atoms with van der Waals surface area (Å²) < 4.78 is 11.9. The smallest absolute Gasteiger partial charge is 0.307 e. The van der Waals surface area contributed by atoms with E-state index in [1.165, 1.54) is 0 Å². The molecule has 2 N–H and O–H groups in total. The molecule has 0 amide bonds. The molecule has 0 saturated carbocycles. The standard InChI is InChI=1S/C20H23NO4/c22-20(23)14-19(15-4-2-1-3-5-15)25-17-8-6-16(7-9-17)24-18-10-12-21-13-11-18/h1-9,18-19,21H,10-14H2,(H,22,23). The second kappa shape index (κ2) is 8.53. The van der Waals surface area contributed by atoms with Crippen molar-refractivity contribution >= 4 is 5.97 Å². The van der Waals surface area contributed by atoms with E-state index < -0.39 is 12.1 Å². The Bertz CT molecular complexity index is 666. The van der Waals surface area contributed by atoms with Crippen molar-refractivity contribution in [1.29, 1.82) is 0 Å². The van der Waals surface area contributed by atoms with E-state index in [0.717, 1.165) is 37.2 Å². The number of piperidine rings is 1. The SMILES string of the molecule is O=C(O)CC(Oc1ccc(OC2CCNCC2)cc1)c1ccccc1. The van der Waals surface area contributed by atoms with Gasteiger partial charge in [0, 0.05) is 0 Å². The van der Waals surface area contributed by atoms with E-state index >= 15 is 0 Å². The van der Waals surface area contributed by atoms with Gasteiger partial charge in [-0.25, -0.2) is 0 Å². The Kier molecular flexibility index (Phi) is 5.90. The third-order valence-corrected chi connectivity index (χ3v) is 4.22. The first-order chi connectivity index (χ1) is 12.2. The molecule has 3 rings (SSSR count). The largest absolute Gasteiger partial charge is 0.490 e. The van der Waals surface area contributed by atoms with E-state index in [1.54, 1.807) is 0 Å². The minimum atomic E-state index is -0.889. The van der Waals surface area contributed by atoms with E-state index in [0.29, 0.717) is 5.75 Å². The van der Waals surface area contributed by atoms with Crippen molar-refractivity contribution in [2.45, 2.75) is 31.5 Å². The Morgan fingerprint density at radius 1 is 1.04 bits per heavy atom. The molecule has 132 valence electrons. The van der Waals surface area contributed by atoms with Crippen LogP contribution in [0.5, 0.6) is 11.5 Å². The normalized spacial score (nSPS) is 16.2. The van der Waals surface area contributed by atoms with Gasteiger partial charge in [-0.3, -0.25) is 4.79 Å². The van der Waals surface area contributed by atoms with Crippen LogP contribution in [0.25, 0.3) is 0 Å². The van der Waals surface area contributed by atoms with E-state index in [2.05, 4.69) is 5.32 Å². The number of carbonyl (C=O) groups is 1. The van der Waals surface area contributed by atoms with Gasteiger partial charge in [-0.05, 0) is 55.8 Å². The maximum atomic E-state index is 11.1. The second-order valence-corrected chi connectivity index (χ2v) is 6.15. The quantitative estimate of drug-likeness (QED) is 0.808. The summed E-state index contributed by atoms with van der Waals surface area (Å²) in [4.78, 5) is 11.1. The summed E-state index contributed by atoms with van der Waals surface area (Å²) in [6, 6.07) is 16.8. The van der Waals surface area contributed by atoms with Crippen LogP contribution in [0.2, 0.25) is 0 Å². The summed E-state index contributed by atoms with van der Waals surface area (Å²) in [5.41, 5.74) is 0.847. The number of aliphatic carboxylic acids is 1. The van der Waals surface area contributed by atoms with Crippen molar-refractivity contribution in [2.24, 2.45) is 0 Å². The van der Waals surface area contributed by atoms with E-state index in [4.69, 9.17) is 14.6 Å². The molecule has 1 heterocycles. The fourth-order valence-electron chi connectivity index (χ4n) is 2.92. The number of benzene rings is 2. The van der Waals surface area contributed by atoms with E-state index in [9.17, 15) is 4.79 Å². The molecule has 2 aromatic rings. The first-order valence-corrected chi connectivity index (χ1v) is 8.61. The Hall–Kier alpha value is -2.53. The van der Waals surface area contributed by atoms with Gasteiger partial charge in [0.1, 0.15) is 23.7 Å². The van der Waals surface area contributed by atoms with Crippen LogP contribution in [0.15, 0.2) is 54.6 Å². The lowest BCUT2D eigenvalue weighted by Crippen LogP contribution is -2.34. The van der Waals surface area contributed by atoms with Crippen molar-refractivity contribution < 1.29 is 19.4 Å². The molecule has 1 aliphatic heterocycles. The topological polar surface area (TPSA) is 67.8 Å². The average Bonchev–Trinajstić information content (AvgIpc) is 2.64. The minimum Gasteiger partial charge on any atom is -0.490 e. The highest BCUT2D eigenvalue weighted by atomic mass is 16.5. The molecule has 1 aliphatic rings. The summed E-state index contributed by atoms with van der Waals surface area (Å²) in [7, 11) is 0. The fourth-order valence-corrected chi connectivity index (χ4v) is 2.92. The lowest BCUT2D eigenvalue weighted by Gasteiger charge is -2.24. The van der Waals surface area contributed by atoms with Crippen LogP contribution in [0.3, 0.4) is 0 Å². The first-order valence-electron chi connectivity index (χ1n) is 8.61. The van der Waals surface area contributed by atoms with Crippen LogP contribution in [0.4, 0.5) is 0 Å². The summed E-state index contributed by atoms with van der Waals surface area (Å²) in [5.74, 6) is 0.557. The zero-order valence-electron chi connectivity index (χ0n) is 14.1. The van der Waals surface area contributed by atoms with Crippen LogP contribution in [0, 0.1) is 0 Å². The molecule has 0 bridgehead atoms. The van der Waals surface area contributed by atoms with Gasteiger partial charge in [-0.1, -0.05) is 30.3 Å². The molecule has 1 saturated heterocycles. The van der Waals surface area contributed by atoms with E-state index in [-0.39, 0.29) is 12.5 Å². The second-order valence-electron chi connectivity index (χ2n) is 6.15. The van der Waals surface area contributed by atoms with Gasteiger partial charge in [0.2, 0.25) is 0 Å². The van der Waals surface area contributed by atoms with Gasteiger partial charge < -0.3 is 19.9 Å². The van der Waals surface area contributed by atoms with Crippen molar-refractivity contribution in [1.82, 2.24) is 5.32 Å². The Labute approximate surface area is 147 Å². The minimum absolute atomic E-state index is 0.0860. The molecule has 5 heteroatoms. The maximum Gasteiger partial charge on any atom is 0.307 e. The molecular formula is C20H23NO4. The van der Waals surface area contributed by atoms with Crippen LogP contribution < -0.4 is 14.8 Å². The zero-order chi connectivity index (χ0) is 17.5. The summed E-state index contributed by atoms with van der Waals surface area (Å²) in [6.45, 7) is 1.97. The summed E-state index contributed by atoms with van der Waals surface area (Å²) in [6.07, 6.45) is 1.66. The predicted octanol–water partition coefficient (Wildman–Crippen LogP) is 3.41. The summed E-state index contributed by atoms with van der Waals surface area (Å²) in [5, 5.41) is 12.5. The molecule has 1 atom stereocenters. The van der Waals surface area contributed by atoms with Gasteiger partial charge in [-0.15, -0.1) is 0 Å². The number of hydrogen-bond donors (Lipinski definition) is 2. The highest BCUT2D eigenvalue weighted by Gasteiger charge is 2.18. The first kappa shape index (κ1) is 17.3. The van der Waals surface area contributed by atoms with E-state index in [1.807, 2.05) is 54.6 Å².